The van der Waals surface area contributed by atoms with Gasteiger partial charge in [-0.2, -0.15) is 0 Å². The van der Waals surface area contributed by atoms with Gasteiger partial charge in [-0.1, -0.05) is 0 Å². The number of aliphatic hydroxyl groups excluding tert-OH is 1. The summed E-state index contributed by atoms with van der Waals surface area (Å²) in [5.74, 6) is -2.98. The second-order valence-corrected chi connectivity index (χ2v) is 2.60. The molecule has 0 aromatic rings. The largest absolute Gasteiger partial charge is 0.465 e. The summed E-state index contributed by atoms with van der Waals surface area (Å²) in [6, 6.07) is -1.11. The molecule has 0 fully saturated rings. The van der Waals surface area contributed by atoms with Crippen LogP contribution in [0.4, 0.5) is 13.6 Å². The fourth-order valence-corrected chi connectivity index (χ4v) is 0.769. The summed E-state index contributed by atoms with van der Waals surface area (Å²) >= 11 is 0. The lowest BCUT2D eigenvalue weighted by Crippen LogP contribution is -2.40. The highest BCUT2D eigenvalue weighted by molar-refractivity contribution is 5.64. The lowest BCUT2D eigenvalue weighted by atomic mass is 10.1. The molecule has 0 spiro atoms. The van der Waals surface area contributed by atoms with Crippen LogP contribution in [-0.4, -0.2) is 34.9 Å². The minimum Gasteiger partial charge on any atom is -0.465 e. The second-order valence-electron chi connectivity index (χ2n) is 2.60. The fraction of sp³-hybridized carbons (Fsp3) is 0.833. The van der Waals surface area contributed by atoms with E-state index in [1.807, 2.05) is 0 Å². The number of alkyl halides is 2. The molecule has 4 nitrogen and oxygen atoms in total. The molecular formula is C6H11F2NO3. The maximum Gasteiger partial charge on any atom is 0.404 e. The van der Waals surface area contributed by atoms with Gasteiger partial charge in [-0.15, -0.1) is 0 Å². The fourth-order valence-electron chi connectivity index (χ4n) is 0.769. The molecule has 0 rings (SSSR count). The number of carboxylic acid groups (broad SMARTS) is 1. The van der Waals surface area contributed by atoms with E-state index in [1.54, 1.807) is 5.32 Å². The second kappa shape index (κ2) is 4.20. The maximum atomic E-state index is 12.3. The first kappa shape index (κ1) is 11.1. The van der Waals surface area contributed by atoms with Gasteiger partial charge in [-0.05, 0) is 6.92 Å². The molecule has 0 saturated carbocycles. The highest BCUT2D eigenvalue weighted by Crippen LogP contribution is 2.18. The topological polar surface area (TPSA) is 69.6 Å². The summed E-state index contributed by atoms with van der Waals surface area (Å²) in [5, 5.41) is 18.4. The van der Waals surface area contributed by atoms with Gasteiger partial charge in [-0.25, -0.2) is 13.6 Å². The van der Waals surface area contributed by atoms with Crippen molar-refractivity contribution in [2.24, 2.45) is 0 Å². The van der Waals surface area contributed by atoms with Crippen molar-refractivity contribution in [2.75, 3.05) is 6.61 Å². The number of amides is 1. The number of aliphatic hydroxyl groups is 1. The Balaban J connectivity index is 3.92. The molecule has 0 aromatic carbocycles. The standard InChI is InChI=1S/C6H11F2NO3/c1-6(7,8)2-4(3-10)9-5(11)12/h4,9-10H,2-3H2,1H3,(H,11,12)/t4-/m0/s1. The van der Waals surface area contributed by atoms with Gasteiger partial charge in [0.25, 0.3) is 0 Å². The smallest absolute Gasteiger partial charge is 0.404 e. The van der Waals surface area contributed by atoms with Crippen LogP contribution in [0.3, 0.4) is 0 Å². The van der Waals surface area contributed by atoms with Gasteiger partial charge in [0.2, 0.25) is 5.92 Å². The SMILES string of the molecule is CC(F)(F)C[C@@H](CO)NC(=O)O. The van der Waals surface area contributed by atoms with Crippen LogP contribution in [0.25, 0.3) is 0 Å². The van der Waals surface area contributed by atoms with E-state index in [9.17, 15) is 13.6 Å². The number of halogens is 2. The third-order valence-corrected chi connectivity index (χ3v) is 1.15. The summed E-state index contributed by atoms with van der Waals surface area (Å²) in [6.45, 7) is 0.0366. The van der Waals surface area contributed by atoms with E-state index in [0.717, 1.165) is 0 Å². The van der Waals surface area contributed by atoms with E-state index in [-0.39, 0.29) is 0 Å². The Morgan fingerprint density at radius 1 is 1.67 bits per heavy atom. The van der Waals surface area contributed by atoms with Crippen molar-refractivity contribution in [1.82, 2.24) is 5.32 Å². The van der Waals surface area contributed by atoms with Crippen LogP contribution in [0.15, 0.2) is 0 Å². The quantitative estimate of drug-likeness (QED) is 0.599. The molecule has 0 aliphatic heterocycles. The average molecular weight is 183 g/mol. The molecular weight excluding hydrogens is 172 g/mol. The van der Waals surface area contributed by atoms with Crippen molar-refractivity contribution in [3.05, 3.63) is 0 Å². The van der Waals surface area contributed by atoms with Crippen molar-refractivity contribution < 1.29 is 23.8 Å². The van der Waals surface area contributed by atoms with E-state index in [0.29, 0.717) is 6.92 Å². The van der Waals surface area contributed by atoms with E-state index >= 15 is 0 Å². The van der Waals surface area contributed by atoms with E-state index in [2.05, 4.69) is 0 Å². The molecule has 0 saturated heterocycles. The Morgan fingerprint density at radius 3 is 2.42 bits per heavy atom. The maximum absolute atomic E-state index is 12.3. The van der Waals surface area contributed by atoms with Crippen LogP contribution in [-0.2, 0) is 0 Å². The first-order valence-electron chi connectivity index (χ1n) is 3.33. The summed E-state index contributed by atoms with van der Waals surface area (Å²) in [7, 11) is 0. The number of hydrogen-bond acceptors (Lipinski definition) is 2. The van der Waals surface area contributed by atoms with Crippen LogP contribution < -0.4 is 5.32 Å². The molecule has 12 heavy (non-hydrogen) atoms. The minimum atomic E-state index is -2.98. The molecule has 6 heteroatoms. The van der Waals surface area contributed by atoms with E-state index < -0.39 is 31.1 Å². The molecule has 0 bridgehead atoms. The molecule has 0 aromatic heterocycles. The summed E-state index contributed by atoms with van der Waals surface area (Å²) in [5.41, 5.74) is 0. The van der Waals surface area contributed by atoms with Gasteiger partial charge in [0, 0.05) is 6.42 Å². The lowest BCUT2D eigenvalue weighted by molar-refractivity contribution is -0.00295. The molecule has 0 heterocycles. The van der Waals surface area contributed by atoms with Crippen molar-refractivity contribution in [3.8, 4) is 0 Å². The molecule has 1 atom stereocenters. The number of hydrogen-bond donors (Lipinski definition) is 3. The Hall–Kier alpha value is -0.910. The molecule has 72 valence electrons. The van der Waals surface area contributed by atoms with Crippen LogP contribution in [0, 0.1) is 0 Å². The summed E-state index contributed by atoms with van der Waals surface area (Å²) in [6.07, 6.45) is -2.12. The van der Waals surface area contributed by atoms with Crippen LogP contribution in [0.2, 0.25) is 0 Å². The van der Waals surface area contributed by atoms with E-state index in [4.69, 9.17) is 10.2 Å². The normalized spacial score (nSPS) is 14.0. The summed E-state index contributed by atoms with van der Waals surface area (Å²) in [4.78, 5) is 9.99. The van der Waals surface area contributed by atoms with Crippen molar-refractivity contribution in [1.29, 1.82) is 0 Å². The molecule has 0 unspecified atom stereocenters. The Morgan fingerprint density at radius 2 is 2.17 bits per heavy atom. The molecule has 3 N–H and O–H groups in total. The van der Waals surface area contributed by atoms with Crippen molar-refractivity contribution in [3.63, 3.8) is 0 Å². The van der Waals surface area contributed by atoms with Gasteiger partial charge in [0.1, 0.15) is 0 Å². The minimum absolute atomic E-state index is 0.629. The highest BCUT2D eigenvalue weighted by atomic mass is 19.3. The zero-order chi connectivity index (χ0) is 9.78. The van der Waals surface area contributed by atoms with Crippen LogP contribution >= 0.6 is 0 Å². The van der Waals surface area contributed by atoms with Crippen LogP contribution in [0.5, 0.6) is 0 Å². The monoisotopic (exact) mass is 183 g/mol. The zero-order valence-electron chi connectivity index (χ0n) is 6.55. The van der Waals surface area contributed by atoms with Crippen molar-refractivity contribution >= 4 is 6.09 Å². The average Bonchev–Trinajstić information content (AvgIpc) is 1.82. The third kappa shape index (κ3) is 5.84. The number of rotatable bonds is 4. The van der Waals surface area contributed by atoms with Gasteiger partial charge in [-0.3, -0.25) is 0 Å². The Kier molecular flexibility index (Phi) is 3.88. The van der Waals surface area contributed by atoms with Gasteiger partial charge < -0.3 is 15.5 Å². The zero-order valence-corrected chi connectivity index (χ0v) is 6.55. The predicted octanol–water partition coefficient (Wildman–Crippen LogP) is 0.660. The number of nitrogens with one attached hydrogen (secondary N) is 1. The van der Waals surface area contributed by atoms with Crippen LogP contribution in [0.1, 0.15) is 13.3 Å². The predicted molar refractivity (Wildman–Crippen MR) is 37.3 cm³/mol. The summed E-state index contributed by atoms with van der Waals surface area (Å²) < 4.78 is 24.5. The molecule has 0 radical (unpaired) electrons. The molecule has 0 aliphatic rings. The lowest BCUT2D eigenvalue weighted by Gasteiger charge is -2.18. The third-order valence-electron chi connectivity index (χ3n) is 1.15. The first-order valence-corrected chi connectivity index (χ1v) is 3.33. The van der Waals surface area contributed by atoms with Gasteiger partial charge in [0.05, 0.1) is 12.6 Å². The van der Waals surface area contributed by atoms with Gasteiger partial charge in [0.15, 0.2) is 0 Å². The molecule has 0 aliphatic carbocycles. The molecule has 1 amide bonds. The van der Waals surface area contributed by atoms with Crippen molar-refractivity contribution in [2.45, 2.75) is 25.3 Å². The Bertz CT molecular complexity index is 157. The highest BCUT2D eigenvalue weighted by Gasteiger charge is 2.27. The Labute approximate surface area is 68.2 Å². The first-order chi connectivity index (χ1) is 5.35. The number of carbonyl (C=O) groups is 1. The van der Waals surface area contributed by atoms with E-state index in [1.165, 1.54) is 0 Å². The van der Waals surface area contributed by atoms with Gasteiger partial charge >= 0.3 is 6.09 Å².